The van der Waals surface area contributed by atoms with Gasteiger partial charge in [-0.15, -0.1) is 10.2 Å². The van der Waals surface area contributed by atoms with Crippen LogP contribution in [0.15, 0.2) is 51.7 Å². The molecule has 0 aliphatic rings. The average molecular weight is 494 g/mol. The van der Waals surface area contributed by atoms with Gasteiger partial charge in [0.15, 0.2) is 4.34 Å². The normalized spacial score (nSPS) is 11.4. The Kier molecular flexibility index (Phi) is 7.72. The first-order valence-corrected chi connectivity index (χ1v) is 12.6. The monoisotopic (exact) mass is 493 g/mol. The van der Waals surface area contributed by atoms with Crippen molar-refractivity contribution in [2.24, 2.45) is 0 Å². The maximum Gasteiger partial charge on any atom is 0.246 e. The Labute approximate surface area is 195 Å². The Morgan fingerprint density at radius 1 is 1.12 bits per heavy atom. The Hall–Kier alpha value is -2.67. The number of nitrogens with zero attached hydrogens (tertiary/aromatic N) is 3. The third kappa shape index (κ3) is 5.97. The Morgan fingerprint density at radius 2 is 1.81 bits per heavy atom. The summed E-state index contributed by atoms with van der Waals surface area (Å²) in [6.07, 6.45) is 0. The van der Waals surface area contributed by atoms with Crippen molar-refractivity contribution in [1.82, 2.24) is 14.5 Å². The predicted octanol–water partition coefficient (Wildman–Crippen LogP) is 3.58. The highest BCUT2D eigenvalue weighted by Gasteiger charge is 2.23. The maximum atomic E-state index is 12.5. The molecular weight excluding hydrogens is 470 g/mol. The smallest absolute Gasteiger partial charge is 0.246 e. The summed E-state index contributed by atoms with van der Waals surface area (Å²) in [5.74, 6) is 0.00572. The van der Waals surface area contributed by atoms with Gasteiger partial charge in [0, 0.05) is 25.5 Å². The highest BCUT2D eigenvalue weighted by Crippen LogP contribution is 2.30. The van der Waals surface area contributed by atoms with Crippen LogP contribution in [0.3, 0.4) is 0 Å². The van der Waals surface area contributed by atoms with Gasteiger partial charge in [0.25, 0.3) is 0 Å². The van der Waals surface area contributed by atoms with E-state index in [2.05, 4.69) is 20.8 Å². The fourth-order valence-corrected chi connectivity index (χ4v) is 5.20. The highest BCUT2D eigenvalue weighted by atomic mass is 32.2. The van der Waals surface area contributed by atoms with E-state index in [1.807, 2.05) is 31.2 Å². The van der Waals surface area contributed by atoms with E-state index in [9.17, 15) is 13.2 Å². The molecule has 0 atom stereocenters. The number of carbonyl (C=O) groups excluding carboxylic acids is 1. The molecule has 0 radical (unpaired) electrons. The molecule has 0 aliphatic heterocycles. The molecule has 1 amide bonds. The Bertz CT molecular complexity index is 1190. The zero-order valence-electron chi connectivity index (χ0n) is 17.9. The summed E-state index contributed by atoms with van der Waals surface area (Å²) in [6.45, 7) is 2.02. The summed E-state index contributed by atoms with van der Waals surface area (Å²) in [4.78, 5) is 12.4. The molecule has 170 valence electrons. The first-order chi connectivity index (χ1) is 15.2. The fourth-order valence-electron chi connectivity index (χ4n) is 2.56. The number of aryl methyl sites for hydroxylation is 1. The van der Waals surface area contributed by atoms with Crippen molar-refractivity contribution >= 4 is 55.5 Å². The van der Waals surface area contributed by atoms with Gasteiger partial charge in [0.2, 0.25) is 21.1 Å². The number of methoxy groups -OCH3 is 1. The van der Waals surface area contributed by atoms with Crippen LogP contribution in [0.2, 0.25) is 0 Å². The van der Waals surface area contributed by atoms with Gasteiger partial charge in [-0.2, -0.15) is 0 Å². The number of benzene rings is 2. The molecule has 3 rings (SSSR count). The van der Waals surface area contributed by atoms with Gasteiger partial charge in [-0.3, -0.25) is 4.79 Å². The molecule has 0 fully saturated rings. The van der Waals surface area contributed by atoms with Crippen molar-refractivity contribution in [2.45, 2.75) is 16.2 Å². The second kappa shape index (κ2) is 10.3. The minimum absolute atomic E-state index is 0.0219. The number of amides is 1. The number of aromatic nitrogens is 2. The third-order valence-electron chi connectivity index (χ3n) is 4.24. The van der Waals surface area contributed by atoms with Crippen molar-refractivity contribution in [3.8, 4) is 5.75 Å². The molecular formula is C20H23N5O4S3. The van der Waals surface area contributed by atoms with Crippen molar-refractivity contribution in [1.29, 1.82) is 0 Å². The van der Waals surface area contributed by atoms with Crippen LogP contribution >= 0.6 is 23.1 Å². The quantitative estimate of drug-likeness (QED) is 0.435. The van der Waals surface area contributed by atoms with E-state index in [0.717, 1.165) is 9.99 Å². The molecule has 1 aromatic heterocycles. The van der Waals surface area contributed by atoms with Crippen molar-refractivity contribution in [3.05, 3.63) is 48.0 Å². The molecule has 0 saturated carbocycles. The van der Waals surface area contributed by atoms with Crippen LogP contribution in [0.5, 0.6) is 5.75 Å². The highest BCUT2D eigenvalue weighted by molar-refractivity contribution is 8.01. The molecule has 9 nitrogen and oxygen atoms in total. The van der Waals surface area contributed by atoms with Crippen LogP contribution in [-0.4, -0.2) is 55.8 Å². The molecule has 0 unspecified atom stereocenters. The summed E-state index contributed by atoms with van der Waals surface area (Å²) in [7, 11) is 0.524. The third-order valence-corrected chi connectivity index (χ3v) is 8.05. The van der Waals surface area contributed by atoms with E-state index in [1.54, 1.807) is 6.07 Å². The molecule has 12 heteroatoms. The van der Waals surface area contributed by atoms with E-state index in [0.29, 0.717) is 15.2 Å². The number of thioether (sulfide) groups is 1. The van der Waals surface area contributed by atoms with Crippen LogP contribution in [0.25, 0.3) is 0 Å². The van der Waals surface area contributed by atoms with Crippen LogP contribution < -0.4 is 15.4 Å². The van der Waals surface area contributed by atoms with Crippen molar-refractivity contribution in [2.75, 3.05) is 37.6 Å². The lowest BCUT2D eigenvalue weighted by Crippen LogP contribution is -2.23. The standard InChI is InChI=1S/C20H23N5O4S3/c1-13-5-7-14(8-6-13)22-19-23-24-20(31-19)30-12-18(26)21-15-9-10-16(29-4)17(11-15)32(27,28)25(2)3/h5-11H,12H2,1-4H3,(H,21,26)(H,22,23). The number of carbonyl (C=O) groups is 1. The zero-order valence-corrected chi connectivity index (χ0v) is 20.4. The number of sulfonamides is 1. The minimum Gasteiger partial charge on any atom is -0.495 e. The van der Waals surface area contributed by atoms with E-state index in [1.165, 1.54) is 62.0 Å². The van der Waals surface area contributed by atoms with Gasteiger partial charge in [-0.05, 0) is 37.3 Å². The van der Waals surface area contributed by atoms with Gasteiger partial charge < -0.3 is 15.4 Å². The van der Waals surface area contributed by atoms with Gasteiger partial charge in [-0.1, -0.05) is 40.8 Å². The molecule has 0 spiro atoms. The SMILES string of the molecule is COc1ccc(NC(=O)CSc2nnc(Nc3ccc(C)cc3)s2)cc1S(=O)(=O)N(C)C. The number of ether oxygens (including phenoxy) is 1. The number of rotatable bonds is 9. The second-order valence-corrected chi connectivity index (χ2v) is 11.2. The second-order valence-electron chi connectivity index (χ2n) is 6.85. The Morgan fingerprint density at radius 3 is 2.47 bits per heavy atom. The topological polar surface area (TPSA) is 114 Å². The first kappa shape index (κ1) is 24.0. The van der Waals surface area contributed by atoms with E-state index < -0.39 is 10.0 Å². The number of anilines is 3. The van der Waals surface area contributed by atoms with E-state index >= 15 is 0 Å². The molecule has 2 N–H and O–H groups in total. The minimum atomic E-state index is -3.73. The summed E-state index contributed by atoms with van der Waals surface area (Å²) in [5.41, 5.74) is 2.43. The van der Waals surface area contributed by atoms with Crippen molar-refractivity contribution in [3.63, 3.8) is 0 Å². The summed E-state index contributed by atoms with van der Waals surface area (Å²) in [6, 6.07) is 12.4. The lowest BCUT2D eigenvalue weighted by molar-refractivity contribution is -0.113. The van der Waals surface area contributed by atoms with E-state index in [4.69, 9.17) is 4.74 Å². The van der Waals surface area contributed by atoms with Gasteiger partial charge >= 0.3 is 0 Å². The molecule has 0 bridgehead atoms. The van der Waals surface area contributed by atoms with E-state index in [-0.39, 0.29) is 22.3 Å². The summed E-state index contributed by atoms with van der Waals surface area (Å²) in [5, 5.41) is 14.7. The van der Waals surface area contributed by atoms with Gasteiger partial charge in [0.1, 0.15) is 10.6 Å². The largest absolute Gasteiger partial charge is 0.495 e. The van der Waals surface area contributed by atoms with Crippen LogP contribution in [0.4, 0.5) is 16.5 Å². The van der Waals surface area contributed by atoms with Crippen LogP contribution in [0.1, 0.15) is 5.56 Å². The lowest BCUT2D eigenvalue weighted by atomic mass is 10.2. The van der Waals surface area contributed by atoms with Crippen LogP contribution in [-0.2, 0) is 14.8 Å². The Balaban J connectivity index is 1.61. The fraction of sp³-hybridized carbons (Fsp3) is 0.250. The number of nitrogens with one attached hydrogen (secondary N) is 2. The average Bonchev–Trinajstić information content (AvgIpc) is 3.21. The molecule has 32 heavy (non-hydrogen) atoms. The lowest BCUT2D eigenvalue weighted by Gasteiger charge is -2.15. The summed E-state index contributed by atoms with van der Waals surface area (Å²) >= 11 is 2.59. The number of hydrogen-bond donors (Lipinski definition) is 2. The summed E-state index contributed by atoms with van der Waals surface area (Å²) < 4.78 is 31.9. The van der Waals surface area contributed by atoms with Gasteiger partial charge in [-0.25, -0.2) is 12.7 Å². The molecule has 1 heterocycles. The number of hydrogen-bond acceptors (Lipinski definition) is 9. The van der Waals surface area contributed by atoms with Gasteiger partial charge in [0.05, 0.1) is 12.9 Å². The van der Waals surface area contributed by atoms with Crippen LogP contribution in [0, 0.1) is 6.92 Å². The first-order valence-electron chi connectivity index (χ1n) is 9.39. The maximum absolute atomic E-state index is 12.5. The molecule has 3 aromatic rings. The molecule has 0 saturated heterocycles. The molecule has 0 aliphatic carbocycles. The molecule has 2 aromatic carbocycles. The van der Waals surface area contributed by atoms with Crippen molar-refractivity contribution < 1.29 is 17.9 Å². The zero-order chi connectivity index (χ0) is 23.3. The predicted molar refractivity (Wildman–Crippen MR) is 128 cm³/mol.